The molecule has 6 nitrogen and oxygen atoms in total. The van der Waals surface area contributed by atoms with Crippen LogP contribution < -0.4 is 14.8 Å². The van der Waals surface area contributed by atoms with Gasteiger partial charge in [-0.3, -0.25) is 9.52 Å². The minimum atomic E-state index is -3.89. The molecule has 0 radical (unpaired) electrons. The summed E-state index contributed by atoms with van der Waals surface area (Å²) < 4.78 is 33.5. The molecule has 144 valence electrons. The second kappa shape index (κ2) is 8.33. The molecule has 0 heterocycles. The summed E-state index contributed by atoms with van der Waals surface area (Å²) >= 11 is 6.06. The number of halogens is 1. The second-order valence-electron chi connectivity index (χ2n) is 5.73. The summed E-state index contributed by atoms with van der Waals surface area (Å²) in [5.41, 5.74) is 0.422. The first-order valence-corrected chi connectivity index (χ1v) is 10.1. The van der Waals surface area contributed by atoms with E-state index < -0.39 is 10.0 Å². The SMILES string of the molecule is CNC(=O)c1ccccc1NS(=O)(=O)c1ccc(Oc2ccccc2Cl)cc1. The highest BCUT2D eigenvalue weighted by Crippen LogP contribution is 2.29. The van der Waals surface area contributed by atoms with Gasteiger partial charge in [0, 0.05) is 7.05 Å². The second-order valence-corrected chi connectivity index (χ2v) is 7.82. The minimum absolute atomic E-state index is 0.0331. The number of para-hydroxylation sites is 2. The van der Waals surface area contributed by atoms with Crippen LogP contribution in [0.15, 0.2) is 77.7 Å². The number of hydrogen-bond donors (Lipinski definition) is 2. The maximum atomic E-state index is 12.7. The van der Waals surface area contributed by atoms with Crippen LogP contribution in [0.4, 0.5) is 5.69 Å². The zero-order chi connectivity index (χ0) is 20.1. The third-order valence-corrected chi connectivity index (χ3v) is 5.54. The number of hydrogen-bond acceptors (Lipinski definition) is 4. The Morgan fingerprint density at radius 2 is 1.57 bits per heavy atom. The average Bonchev–Trinajstić information content (AvgIpc) is 2.70. The van der Waals surface area contributed by atoms with Gasteiger partial charge in [0.05, 0.1) is 21.2 Å². The Bertz CT molecular complexity index is 1100. The van der Waals surface area contributed by atoms with E-state index in [1.54, 1.807) is 36.4 Å². The van der Waals surface area contributed by atoms with Gasteiger partial charge in [-0.1, -0.05) is 35.9 Å². The van der Waals surface area contributed by atoms with Crippen molar-refractivity contribution < 1.29 is 17.9 Å². The number of carbonyl (C=O) groups excluding carboxylic acids is 1. The predicted octanol–water partition coefficient (Wildman–Crippen LogP) is 4.29. The molecular weight excluding hydrogens is 400 g/mol. The molecule has 0 aromatic heterocycles. The van der Waals surface area contributed by atoms with E-state index in [2.05, 4.69) is 10.0 Å². The van der Waals surface area contributed by atoms with E-state index in [1.807, 2.05) is 0 Å². The van der Waals surface area contributed by atoms with Crippen molar-refractivity contribution in [2.75, 3.05) is 11.8 Å². The number of ether oxygens (including phenoxy) is 1. The molecule has 0 aliphatic rings. The van der Waals surface area contributed by atoms with Crippen molar-refractivity contribution in [2.24, 2.45) is 0 Å². The molecule has 1 amide bonds. The Hall–Kier alpha value is -3.03. The van der Waals surface area contributed by atoms with Crippen LogP contribution in [-0.4, -0.2) is 21.4 Å². The van der Waals surface area contributed by atoms with Crippen molar-refractivity contribution in [2.45, 2.75) is 4.90 Å². The van der Waals surface area contributed by atoms with Gasteiger partial charge in [0.1, 0.15) is 11.5 Å². The molecule has 0 unspecified atom stereocenters. The number of amides is 1. The number of nitrogens with one attached hydrogen (secondary N) is 2. The van der Waals surface area contributed by atoms with E-state index in [0.717, 1.165) is 0 Å². The summed E-state index contributed by atoms with van der Waals surface area (Å²) in [7, 11) is -2.41. The van der Waals surface area contributed by atoms with Gasteiger partial charge in [-0.05, 0) is 48.5 Å². The smallest absolute Gasteiger partial charge is 0.261 e. The number of rotatable bonds is 6. The highest BCUT2D eigenvalue weighted by Gasteiger charge is 2.18. The Kier molecular flexibility index (Phi) is 5.87. The predicted molar refractivity (Wildman–Crippen MR) is 109 cm³/mol. The van der Waals surface area contributed by atoms with Gasteiger partial charge >= 0.3 is 0 Å². The van der Waals surface area contributed by atoms with E-state index >= 15 is 0 Å². The van der Waals surface area contributed by atoms with Crippen molar-refractivity contribution in [3.05, 3.63) is 83.4 Å². The lowest BCUT2D eigenvalue weighted by molar-refractivity contribution is 0.0964. The van der Waals surface area contributed by atoms with Gasteiger partial charge in [-0.15, -0.1) is 0 Å². The van der Waals surface area contributed by atoms with Crippen molar-refractivity contribution in [1.29, 1.82) is 0 Å². The largest absolute Gasteiger partial charge is 0.456 e. The van der Waals surface area contributed by atoms with Gasteiger partial charge in [0.15, 0.2) is 0 Å². The van der Waals surface area contributed by atoms with Crippen LogP contribution in [0.2, 0.25) is 5.02 Å². The highest BCUT2D eigenvalue weighted by atomic mass is 35.5. The van der Waals surface area contributed by atoms with E-state index in [-0.39, 0.29) is 22.1 Å². The van der Waals surface area contributed by atoms with Gasteiger partial charge in [-0.25, -0.2) is 8.42 Å². The maximum Gasteiger partial charge on any atom is 0.261 e. The van der Waals surface area contributed by atoms with E-state index in [1.165, 1.54) is 43.4 Å². The van der Waals surface area contributed by atoms with Crippen LogP contribution in [0.1, 0.15) is 10.4 Å². The standard InChI is InChI=1S/C20H17ClN2O4S/c1-22-20(24)16-6-2-4-8-18(16)23-28(25,26)15-12-10-14(11-13-15)27-19-9-5-3-7-17(19)21/h2-13,23H,1H3,(H,22,24). The average molecular weight is 417 g/mol. The monoisotopic (exact) mass is 416 g/mol. The summed E-state index contributed by atoms with van der Waals surface area (Å²) in [5.74, 6) is 0.525. The number of sulfonamides is 1. The Morgan fingerprint density at radius 1 is 0.929 bits per heavy atom. The Morgan fingerprint density at radius 3 is 2.25 bits per heavy atom. The van der Waals surface area contributed by atoms with Crippen molar-refractivity contribution >= 4 is 33.2 Å². The van der Waals surface area contributed by atoms with Crippen LogP contribution in [0, 0.1) is 0 Å². The highest BCUT2D eigenvalue weighted by molar-refractivity contribution is 7.92. The van der Waals surface area contributed by atoms with Gasteiger partial charge in [0.25, 0.3) is 15.9 Å². The molecule has 0 bridgehead atoms. The molecule has 2 N–H and O–H groups in total. The topological polar surface area (TPSA) is 84.5 Å². The molecule has 0 saturated heterocycles. The van der Waals surface area contributed by atoms with Gasteiger partial charge < -0.3 is 10.1 Å². The summed E-state index contributed by atoms with van der Waals surface area (Å²) in [6.45, 7) is 0. The van der Waals surface area contributed by atoms with Crippen LogP contribution in [-0.2, 0) is 10.0 Å². The molecule has 0 atom stereocenters. The summed E-state index contributed by atoms with van der Waals surface area (Å²) in [4.78, 5) is 12.0. The van der Waals surface area contributed by atoms with E-state index in [0.29, 0.717) is 16.5 Å². The lowest BCUT2D eigenvalue weighted by Crippen LogP contribution is -2.21. The molecule has 0 aliphatic carbocycles. The van der Waals surface area contributed by atoms with Crippen LogP contribution in [0.3, 0.4) is 0 Å². The normalized spacial score (nSPS) is 10.9. The van der Waals surface area contributed by atoms with Gasteiger partial charge in [-0.2, -0.15) is 0 Å². The number of benzene rings is 3. The van der Waals surface area contributed by atoms with Crippen LogP contribution >= 0.6 is 11.6 Å². The summed E-state index contributed by atoms with van der Waals surface area (Å²) in [6, 6.07) is 19.2. The zero-order valence-corrected chi connectivity index (χ0v) is 16.4. The Balaban J connectivity index is 1.82. The molecule has 0 saturated carbocycles. The summed E-state index contributed by atoms with van der Waals surface area (Å²) in [6.07, 6.45) is 0. The fraction of sp³-hybridized carbons (Fsp3) is 0.0500. The quantitative estimate of drug-likeness (QED) is 0.627. The molecule has 28 heavy (non-hydrogen) atoms. The first-order chi connectivity index (χ1) is 13.4. The third kappa shape index (κ3) is 4.44. The first kappa shape index (κ1) is 19.7. The number of carbonyl (C=O) groups is 1. The first-order valence-electron chi connectivity index (χ1n) is 8.27. The fourth-order valence-electron chi connectivity index (χ4n) is 2.45. The van der Waals surface area contributed by atoms with Crippen LogP contribution in [0.25, 0.3) is 0 Å². The third-order valence-electron chi connectivity index (χ3n) is 3.84. The minimum Gasteiger partial charge on any atom is -0.456 e. The van der Waals surface area contributed by atoms with Crippen molar-refractivity contribution in [1.82, 2.24) is 5.32 Å². The van der Waals surface area contributed by atoms with E-state index in [4.69, 9.17) is 16.3 Å². The fourth-order valence-corrected chi connectivity index (χ4v) is 3.70. The molecule has 0 aliphatic heterocycles. The molecular formula is C20H17ClN2O4S. The maximum absolute atomic E-state index is 12.7. The molecule has 0 spiro atoms. The van der Waals surface area contributed by atoms with E-state index in [9.17, 15) is 13.2 Å². The van der Waals surface area contributed by atoms with Gasteiger partial charge in [0.2, 0.25) is 0 Å². The Labute approximate surface area is 168 Å². The lowest BCUT2D eigenvalue weighted by Gasteiger charge is -2.12. The molecule has 3 aromatic rings. The van der Waals surface area contributed by atoms with Crippen LogP contribution in [0.5, 0.6) is 11.5 Å². The molecule has 0 fully saturated rings. The molecule has 8 heteroatoms. The zero-order valence-electron chi connectivity index (χ0n) is 14.8. The lowest BCUT2D eigenvalue weighted by atomic mass is 10.2. The summed E-state index contributed by atoms with van der Waals surface area (Å²) in [5, 5.41) is 2.93. The van der Waals surface area contributed by atoms with Crippen molar-refractivity contribution in [3.63, 3.8) is 0 Å². The molecule has 3 rings (SSSR count). The van der Waals surface area contributed by atoms with Crippen molar-refractivity contribution in [3.8, 4) is 11.5 Å². The number of anilines is 1. The molecule has 3 aromatic carbocycles.